The van der Waals surface area contributed by atoms with Crippen LogP contribution in [0.4, 0.5) is 0 Å². The molecule has 2 fully saturated rings. The first-order valence-electron chi connectivity index (χ1n) is 7.22. The average molecular weight is 239 g/mol. The maximum atomic E-state index is 12.1. The van der Waals surface area contributed by atoms with E-state index in [1.54, 1.807) is 0 Å². The Bertz CT molecular complexity index is 249. The van der Waals surface area contributed by atoms with Crippen molar-refractivity contribution >= 4 is 5.91 Å². The Balaban J connectivity index is 1.83. The van der Waals surface area contributed by atoms with E-state index in [2.05, 4.69) is 5.32 Å². The SMILES string of the molecule is O=C(NC1CCCCC1CO)C1CCCCC1. The number of aliphatic hydroxyl groups is 1. The molecule has 0 radical (unpaired) electrons. The number of nitrogens with one attached hydrogen (secondary N) is 1. The zero-order chi connectivity index (χ0) is 12.1. The molecule has 3 nitrogen and oxygen atoms in total. The molecule has 0 aromatic rings. The molecule has 0 aromatic heterocycles. The van der Waals surface area contributed by atoms with Crippen LogP contribution >= 0.6 is 0 Å². The highest BCUT2D eigenvalue weighted by molar-refractivity contribution is 5.79. The maximum absolute atomic E-state index is 12.1. The van der Waals surface area contributed by atoms with Crippen LogP contribution in [0.2, 0.25) is 0 Å². The van der Waals surface area contributed by atoms with Gasteiger partial charge < -0.3 is 10.4 Å². The molecule has 2 atom stereocenters. The zero-order valence-corrected chi connectivity index (χ0v) is 10.7. The quantitative estimate of drug-likeness (QED) is 0.793. The zero-order valence-electron chi connectivity index (χ0n) is 10.7. The molecule has 2 saturated carbocycles. The number of amides is 1. The Hall–Kier alpha value is -0.570. The third-order valence-corrected chi connectivity index (χ3v) is 4.45. The summed E-state index contributed by atoms with van der Waals surface area (Å²) in [6, 6.07) is 0.225. The minimum atomic E-state index is 0.218. The van der Waals surface area contributed by atoms with Gasteiger partial charge in [-0.05, 0) is 25.7 Å². The van der Waals surface area contributed by atoms with Crippen LogP contribution in [0.1, 0.15) is 57.8 Å². The van der Waals surface area contributed by atoms with Crippen LogP contribution in [0.3, 0.4) is 0 Å². The van der Waals surface area contributed by atoms with Crippen LogP contribution in [0.15, 0.2) is 0 Å². The lowest BCUT2D eigenvalue weighted by atomic mass is 9.83. The van der Waals surface area contributed by atoms with Crippen LogP contribution in [-0.4, -0.2) is 23.7 Å². The Labute approximate surface area is 104 Å². The van der Waals surface area contributed by atoms with Gasteiger partial charge in [0.15, 0.2) is 0 Å². The van der Waals surface area contributed by atoms with Gasteiger partial charge in [0.25, 0.3) is 0 Å². The molecule has 17 heavy (non-hydrogen) atoms. The van der Waals surface area contributed by atoms with Gasteiger partial charge >= 0.3 is 0 Å². The molecule has 0 heterocycles. The molecule has 98 valence electrons. The van der Waals surface area contributed by atoms with Crippen molar-refractivity contribution in [1.29, 1.82) is 0 Å². The van der Waals surface area contributed by atoms with Crippen molar-refractivity contribution in [3.63, 3.8) is 0 Å². The molecule has 0 aromatic carbocycles. The smallest absolute Gasteiger partial charge is 0.223 e. The van der Waals surface area contributed by atoms with Gasteiger partial charge in [0.1, 0.15) is 0 Å². The van der Waals surface area contributed by atoms with Crippen molar-refractivity contribution in [2.75, 3.05) is 6.61 Å². The summed E-state index contributed by atoms with van der Waals surface area (Å²) in [5.74, 6) is 0.774. The Kier molecular flexibility index (Phi) is 4.84. The summed E-state index contributed by atoms with van der Waals surface area (Å²) in [6.07, 6.45) is 10.3. The van der Waals surface area contributed by atoms with E-state index in [1.165, 1.54) is 32.1 Å². The summed E-state index contributed by atoms with van der Waals surface area (Å²) in [5.41, 5.74) is 0. The normalized spacial score (nSPS) is 31.1. The van der Waals surface area contributed by atoms with E-state index >= 15 is 0 Å². The molecule has 2 aliphatic rings. The van der Waals surface area contributed by atoms with Gasteiger partial charge in [-0.25, -0.2) is 0 Å². The fourth-order valence-electron chi connectivity index (χ4n) is 3.28. The van der Waals surface area contributed by atoms with Gasteiger partial charge in [-0.2, -0.15) is 0 Å². The first-order valence-corrected chi connectivity index (χ1v) is 7.22. The monoisotopic (exact) mass is 239 g/mol. The second kappa shape index (κ2) is 6.39. The van der Waals surface area contributed by atoms with Crippen LogP contribution in [0, 0.1) is 11.8 Å². The van der Waals surface area contributed by atoms with Gasteiger partial charge in [-0.3, -0.25) is 4.79 Å². The van der Waals surface area contributed by atoms with Crippen LogP contribution in [0.5, 0.6) is 0 Å². The maximum Gasteiger partial charge on any atom is 0.223 e. The Morgan fingerprint density at radius 3 is 2.35 bits per heavy atom. The molecule has 3 heteroatoms. The highest BCUT2D eigenvalue weighted by Gasteiger charge is 2.28. The lowest BCUT2D eigenvalue weighted by Crippen LogP contribution is -2.46. The summed E-state index contributed by atoms with van der Waals surface area (Å²) in [7, 11) is 0. The van der Waals surface area contributed by atoms with Crippen molar-refractivity contribution in [2.24, 2.45) is 11.8 Å². The van der Waals surface area contributed by atoms with E-state index in [1.807, 2.05) is 0 Å². The predicted octanol–water partition coefficient (Wildman–Crippen LogP) is 2.23. The van der Waals surface area contributed by atoms with Gasteiger partial charge in [0.05, 0.1) is 0 Å². The third-order valence-electron chi connectivity index (χ3n) is 4.45. The molecule has 0 spiro atoms. The van der Waals surface area contributed by atoms with Gasteiger partial charge in [-0.1, -0.05) is 32.1 Å². The molecule has 0 bridgehead atoms. The summed E-state index contributed by atoms with van der Waals surface area (Å²) >= 11 is 0. The Morgan fingerprint density at radius 1 is 1.00 bits per heavy atom. The number of carbonyl (C=O) groups is 1. The summed E-state index contributed by atoms with van der Waals surface area (Å²) < 4.78 is 0. The highest BCUT2D eigenvalue weighted by Crippen LogP contribution is 2.27. The van der Waals surface area contributed by atoms with Crippen molar-refractivity contribution in [3.8, 4) is 0 Å². The number of hydrogen-bond acceptors (Lipinski definition) is 2. The standard InChI is InChI=1S/C14H25NO2/c16-10-12-8-4-5-9-13(12)15-14(17)11-6-2-1-3-7-11/h11-13,16H,1-10H2,(H,15,17). The molecule has 2 unspecified atom stereocenters. The van der Waals surface area contributed by atoms with E-state index in [4.69, 9.17) is 0 Å². The first kappa shape index (κ1) is 12.9. The van der Waals surface area contributed by atoms with E-state index in [0.717, 1.165) is 25.7 Å². The molecule has 0 saturated heterocycles. The average Bonchev–Trinajstić information content (AvgIpc) is 2.40. The van der Waals surface area contributed by atoms with Crippen molar-refractivity contribution in [2.45, 2.75) is 63.8 Å². The van der Waals surface area contributed by atoms with Crippen LogP contribution in [-0.2, 0) is 4.79 Å². The van der Waals surface area contributed by atoms with Crippen molar-refractivity contribution in [1.82, 2.24) is 5.32 Å². The highest BCUT2D eigenvalue weighted by atomic mass is 16.3. The molecule has 2 rings (SSSR count). The molecule has 2 N–H and O–H groups in total. The number of hydrogen-bond donors (Lipinski definition) is 2. The molecule has 0 aliphatic heterocycles. The molecular formula is C14H25NO2. The summed E-state index contributed by atoms with van der Waals surface area (Å²) in [5, 5.41) is 12.5. The summed E-state index contributed by atoms with van der Waals surface area (Å²) in [6.45, 7) is 0.218. The molecular weight excluding hydrogens is 214 g/mol. The fraction of sp³-hybridized carbons (Fsp3) is 0.929. The lowest BCUT2D eigenvalue weighted by molar-refractivity contribution is -0.127. The number of carbonyl (C=O) groups excluding carboxylic acids is 1. The third kappa shape index (κ3) is 3.44. The number of rotatable bonds is 3. The van der Waals surface area contributed by atoms with E-state index < -0.39 is 0 Å². The molecule has 1 amide bonds. The Morgan fingerprint density at radius 2 is 1.65 bits per heavy atom. The summed E-state index contributed by atoms with van der Waals surface area (Å²) in [4.78, 5) is 12.1. The predicted molar refractivity (Wildman–Crippen MR) is 67.5 cm³/mol. The topological polar surface area (TPSA) is 49.3 Å². The lowest BCUT2D eigenvalue weighted by Gasteiger charge is -2.32. The van der Waals surface area contributed by atoms with Crippen LogP contribution < -0.4 is 5.32 Å². The van der Waals surface area contributed by atoms with Gasteiger partial charge in [0, 0.05) is 24.5 Å². The number of aliphatic hydroxyl groups excluding tert-OH is 1. The second-order valence-electron chi connectivity index (χ2n) is 5.68. The molecule has 2 aliphatic carbocycles. The fourth-order valence-corrected chi connectivity index (χ4v) is 3.28. The van der Waals surface area contributed by atoms with Crippen LogP contribution in [0.25, 0.3) is 0 Å². The van der Waals surface area contributed by atoms with Gasteiger partial charge in [0.2, 0.25) is 5.91 Å². The van der Waals surface area contributed by atoms with E-state index in [-0.39, 0.29) is 30.4 Å². The van der Waals surface area contributed by atoms with Crippen molar-refractivity contribution in [3.05, 3.63) is 0 Å². The second-order valence-corrected chi connectivity index (χ2v) is 5.68. The van der Waals surface area contributed by atoms with Crippen molar-refractivity contribution < 1.29 is 9.90 Å². The van der Waals surface area contributed by atoms with E-state index in [0.29, 0.717) is 0 Å². The largest absolute Gasteiger partial charge is 0.396 e. The van der Waals surface area contributed by atoms with E-state index in [9.17, 15) is 9.90 Å². The first-order chi connectivity index (χ1) is 8.31. The van der Waals surface area contributed by atoms with Gasteiger partial charge in [-0.15, -0.1) is 0 Å². The minimum absolute atomic E-state index is 0.218. The minimum Gasteiger partial charge on any atom is -0.396 e.